The third-order valence-electron chi connectivity index (χ3n) is 5.04. The van der Waals surface area contributed by atoms with Crippen LogP contribution in [0.15, 0.2) is 18.2 Å². The van der Waals surface area contributed by atoms with Crippen molar-refractivity contribution in [2.75, 3.05) is 11.9 Å². The van der Waals surface area contributed by atoms with Gasteiger partial charge in [0, 0.05) is 35.6 Å². The number of aromatic nitrogens is 1. The quantitative estimate of drug-likeness (QED) is 0.360. The predicted octanol–water partition coefficient (Wildman–Crippen LogP) is 3.75. The van der Waals surface area contributed by atoms with E-state index in [1.807, 2.05) is 6.92 Å². The molecule has 1 aliphatic rings. The summed E-state index contributed by atoms with van der Waals surface area (Å²) in [5.41, 5.74) is 4.03. The number of amides is 2. The standard InChI is InChI=1S/C22H24FN3O3/c1-13-19(12-17-16-11-15(23)7-8-18(16)26-21(17)28)25-14(2)20(13)22(29)24-9-5-3-4-6-10-27/h7-8,10-12,25H,3-6,9H2,1-2H3,(H,24,29)(H,26,28)/b17-12-. The molecule has 0 radical (unpaired) electrons. The van der Waals surface area contributed by atoms with Crippen LogP contribution in [-0.2, 0) is 9.59 Å². The van der Waals surface area contributed by atoms with E-state index in [0.717, 1.165) is 31.1 Å². The van der Waals surface area contributed by atoms with E-state index in [1.165, 1.54) is 18.2 Å². The number of anilines is 1. The second-order valence-corrected chi connectivity index (χ2v) is 7.14. The zero-order valence-corrected chi connectivity index (χ0v) is 16.5. The number of benzene rings is 1. The zero-order valence-electron chi connectivity index (χ0n) is 16.5. The zero-order chi connectivity index (χ0) is 21.0. The number of H-pyrrole nitrogens is 1. The van der Waals surface area contributed by atoms with Gasteiger partial charge in [0.2, 0.25) is 0 Å². The Morgan fingerprint density at radius 3 is 2.76 bits per heavy atom. The molecule has 2 amide bonds. The Balaban J connectivity index is 1.77. The molecule has 0 unspecified atom stereocenters. The molecule has 0 spiro atoms. The number of rotatable bonds is 8. The van der Waals surface area contributed by atoms with Crippen LogP contribution in [0.1, 0.15) is 58.6 Å². The van der Waals surface area contributed by atoms with Gasteiger partial charge in [-0.15, -0.1) is 0 Å². The normalized spacial score (nSPS) is 14.0. The lowest BCUT2D eigenvalue weighted by Gasteiger charge is -2.06. The topological polar surface area (TPSA) is 91.1 Å². The number of carbonyl (C=O) groups excluding carboxylic acids is 3. The summed E-state index contributed by atoms with van der Waals surface area (Å²) >= 11 is 0. The SMILES string of the molecule is Cc1[nH]c(/C=C2\C(=O)Nc3ccc(F)cc32)c(C)c1C(=O)NCCCCCC=O. The summed E-state index contributed by atoms with van der Waals surface area (Å²) in [6.45, 7) is 4.15. The molecule has 152 valence electrons. The van der Waals surface area contributed by atoms with Gasteiger partial charge in [-0.2, -0.15) is 0 Å². The lowest BCUT2D eigenvalue weighted by molar-refractivity contribution is -0.111. The minimum Gasteiger partial charge on any atom is -0.358 e. The van der Waals surface area contributed by atoms with Crippen LogP contribution in [-0.4, -0.2) is 29.6 Å². The first-order valence-electron chi connectivity index (χ1n) is 9.66. The summed E-state index contributed by atoms with van der Waals surface area (Å²) in [5, 5.41) is 5.62. The van der Waals surface area contributed by atoms with Crippen molar-refractivity contribution in [2.24, 2.45) is 0 Å². The number of nitrogens with one attached hydrogen (secondary N) is 3. The molecule has 0 saturated carbocycles. The molecule has 0 bridgehead atoms. The van der Waals surface area contributed by atoms with Gasteiger partial charge >= 0.3 is 0 Å². The second-order valence-electron chi connectivity index (χ2n) is 7.14. The number of hydrogen-bond donors (Lipinski definition) is 3. The van der Waals surface area contributed by atoms with E-state index in [4.69, 9.17) is 0 Å². The molecule has 0 fully saturated rings. The van der Waals surface area contributed by atoms with Gasteiger partial charge in [0.25, 0.3) is 11.8 Å². The van der Waals surface area contributed by atoms with Crippen LogP contribution >= 0.6 is 0 Å². The average molecular weight is 397 g/mol. The van der Waals surface area contributed by atoms with Crippen molar-refractivity contribution >= 4 is 35.4 Å². The maximum absolute atomic E-state index is 13.6. The maximum atomic E-state index is 13.6. The van der Waals surface area contributed by atoms with Crippen molar-refractivity contribution in [3.63, 3.8) is 0 Å². The molecule has 7 heteroatoms. The van der Waals surface area contributed by atoms with E-state index in [9.17, 15) is 18.8 Å². The molecule has 0 saturated heterocycles. The molecule has 3 rings (SSSR count). The highest BCUT2D eigenvalue weighted by molar-refractivity contribution is 6.34. The monoisotopic (exact) mass is 397 g/mol. The van der Waals surface area contributed by atoms with Crippen molar-refractivity contribution in [1.82, 2.24) is 10.3 Å². The number of aldehydes is 1. The Morgan fingerprint density at radius 2 is 2.00 bits per heavy atom. The van der Waals surface area contributed by atoms with E-state index in [-0.39, 0.29) is 11.8 Å². The van der Waals surface area contributed by atoms with Gasteiger partial charge in [-0.05, 0) is 56.5 Å². The Hall–Kier alpha value is -3.22. The number of fused-ring (bicyclic) bond motifs is 1. The first kappa shape index (κ1) is 20.5. The minimum absolute atomic E-state index is 0.182. The van der Waals surface area contributed by atoms with Crippen LogP contribution in [0.25, 0.3) is 11.6 Å². The van der Waals surface area contributed by atoms with Crippen LogP contribution in [0.3, 0.4) is 0 Å². The van der Waals surface area contributed by atoms with Gasteiger partial charge in [0.1, 0.15) is 12.1 Å². The number of aromatic amines is 1. The van der Waals surface area contributed by atoms with Gasteiger partial charge in [-0.3, -0.25) is 9.59 Å². The molecule has 29 heavy (non-hydrogen) atoms. The lowest BCUT2D eigenvalue weighted by Crippen LogP contribution is -2.25. The number of unbranched alkanes of at least 4 members (excludes halogenated alkanes) is 3. The van der Waals surface area contributed by atoms with E-state index in [1.54, 1.807) is 13.0 Å². The Morgan fingerprint density at radius 1 is 1.21 bits per heavy atom. The van der Waals surface area contributed by atoms with Crippen molar-refractivity contribution in [1.29, 1.82) is 0 Å². The Kier molecular flexibility index (Phi) is 6.26. The van der Waals surface area contributed by atoms with Crippen molar-refractivity contribution < 1.29 is 18.8 Å². The Labute approximate surface area is 168 Å². The molecule has 3 N–H and O–H groups in total. The first-order valence-corrected chi connectivity index (χ1v) is 9.66. The molecule has 0 atom stereocenters. The van der Waals surface area contributed by atoms with Gasteiger partial charge in [0.05, 0.1) is 11.1 Å². The highest BCUT2D eigenvalue weighted by atomic mass is 19.1. The van der Waals surface area contributed by atoms with Crippen molar-refractivity contribution in [2.45, 2.75) is 39.5 Å². The molecule has 1 aromatic carbocycles. The fraction of sp³-hybridized carbons (Fsp3) is 0.318. The average Bonchev–Trinajstić information content (AvgIpc) is 3.14. The number of hydrogen-bond acceptors (Lipinski definition) is 3. The van der Waals surface area contributed by atoms with Gasteiger partial charge in [-0.1, -0.05) is 6.42 Å². The molecule has 2 heterocycles. The summed E-state index contributed by atoms with van der Waals surface area (Å²) < 4.78 is 13.6. The summed E-state index contributed by atoms with van der Waals surface area (Å²) in [7, 11) is 0. The highest BCUT2D eigenvalue weighted by Gasteiger charge is 2.26. The fourth-order valence-electron chi connectivity index (χ4n) is 3.53. The summed E-state index contributed by atoms with van der Waals surface area (Å²) in [6.07, 6.45) is 5.61. The van der Waals surface area contributed by atoms with Crippen LogP contribution in [0.5, 0.6) is 0 Å². The lowest BCUT2D eigenvalue weighted by atomic mass is 10.0. The van der Waals surface area contributed by atoms with Crippen molar-refractivity contribution in [3.05, 3.63) is 52.1 Å². The molecule has 1 aromatic heterocycles. The third kappa shape index (κ3) is 4.45. The fourth-order valence-corrected chi connectivity index (χ4v) is 3.53. The molecule has 6 nitrogen and oxygen atoms in total. The minimum atomic E-state index is -0.418. The third-order valence-corrected chi connectivity index (χ3v) is 5.04. The largest absolute Gasteiger partial charge is 0.358 e. The summed E-state index contributed by atoms with van der Waals surface area (Å²) in [5.74, 6) is -0.907. The predicted molar refractivity (Wildman–Crippen MR) is 110 cm³/mol. The van der Waals surface area contributed by atoms with E-state index < -0.39 is 5.82 Å². The smallest absolute Gasteiger partial charge is 0.256 e. The van der Waals surface area contributed by atoms with E-state index in [2.05, 4.69) is 15.6 Å². The summed E-state index contributed by atoms with van der Waals surface area (Å²) in [6, 6.07) is 4.15. The molecule has 0 aliphatic carbocycles. The highest BCUT2D eigenvalue weighted by Crippen LogP contribution is 2.34. The Bertz CT molecular complexity index is 991. The molecule has 2 aromatic rings. The van der Waals surface area contributed by atoms with Crippen LogP contribution in [0.4, 0.5) is 10.1 Å². The van der Waals surface area contributed by atoms with Gasteiger partial charge in [0.15, 0.2) is 0 Å². The van der Waals surface area contributed by atoms with Gasteiger partial charge in [-0.25, -0.2) is 4.39 Å². The summed E-state index contributed by atoms with van der Waals surface area (Å²) in [4.78, 5) is 38.4. The van der Waals surface area contributed by atoms with Crippen LogP contribution in [0, 0.1) is 19.7 Å². The molecular formula is C22H24FN3O3. The van der Waals surface area contributed by atoms with E-state index >= 15 is 0 Å². The first-order chi connectivity index (χ1) is 13.9. The van der Waals surface area contributed by atoms with Crippen LogP contribution < -0.4 is 10.6 Å². The maximum Gasteiger partial charge on any atom is 0.256 e. The molecular weight excluding hydrogens is 373 g/mol. The van der Waals surface area contributed by atoms with Crippen molar-refractivity contribution in [3.8, 4) is 0 Å². The van der Waals surface area contributed by atoms with Crippen LogP contribution in [0.2, 0.25) is 0 Å². The van der Waals surface area contributed by atoms with E-state index in [0.29, 0.717) is 46.7 Å². The number of carbonyl (C=O) groups is 3. The number of aryl methyl sites for hydroxylation is 1. The van der Waals surface area contributed by atoms with Gasteiger partial charge < -0.3 is 20.4 Å². The molecule has 1 aliphatic heterocycles. The number of halogens is 1. The second kappa shape index (κ2) is 8.86.